The molecule has 0 unspecified atom stereocenters. The van der Waals surface area contributed by atoms with E-state index < -0.39 is 27.9 Å². The minimum Gasteiger partial charge on any atom is -0.505 e. The molecular formula is C19H21N3O8S2. The molecule has 2 heterocycles. The van der Waals surface area contributed by atoms with Gasteiger partial charge < -0.3 is 15.3 Å². The molecule has 0 saturated heterocycles. The lowest BCUT2D eigenvalue weighted by Crippen LogP contribution is -2.37. The summed E-state index contributed by atoms with van der Waals surface area (Å²) in [5.74, 6) is -3.02. The molecule has 172 valence electrons. The van der Waals surface area contributed by atoms with Crippen molar-refractivity contribution in [3.8, 4) is 0 Å². The minimum atomic E-state index is -3.90. The van der Waals surface area contributed by atoms with E-state index in [9.17, 15) is 27.9 Å². The van der Waals surface area contributed by atoms with Gasteiger partial charge in [-0.05, 0) is 25.5 Å². The third-order valence-corrected chi connectivity index (χ3v) is 6.80. The maximum absolute atomic E-state index is 12.5. The van der Waals surface area contributed by atoms with Crippen LogP contribution in [0.3, 0.4) is 0 Å². The smallest absolute Gasteiger partial charge is 0.303 e. The van der Waals surface area contributed by atoms with Gasteiger partial charge in [0.15, 0.2) is 16.6 Å². The molecule has 0 saturated carbocycles. The number of nitrogens with one attached hydrogen (secondary N) is 1. The summed E-state index contributed by atoms with van der Waals surface area (Å²) in [6, 6.07) is 5.99. The maximum atomic E-state index is 12.5. The Labute approximate surface area is 187 Å². The molecule has 0 bridgehead atoms. The first-order valence-electron chi connectivity index (χ1n) is 9.14. The summed E-state index contributed by atoms with van der Waals surface area (Å²) < 4.78 is 25.8. The van der Waals surface area contributed by atoms with Crippen molar-refractivity contribution in [2.75, 3.05) is 12.4 Å². The van der Waals surface area contributed by atoms with Gasteiger partial charge in [-0.2, -0.15) is 0 Å². The van der Waals surface area contributed by atoms with Crippen LogP contribution in [0.2, 0.25) is 0 Å². The van der Waals surface area contributed by atoms with Gasteiger partial charge in [0, 0.05) is 36.5 Å². The Morgan fingerprint density at radius 3 is 2.25 bits per heavy atom. The minimum absolute atomic E-state index is 0.0401. The molecule has 32 heavy (non-hydrogen) atoms. The number of hydrogen-bond acceptors (Lipinski definition) is 8. The van der Waals surface area contributed by atoms with E-state index in [1.54, 1.807) is 18.3 Å². The molecule has 0 spiro atoms. The number of hydrogen-bond donors (Lipinski definition) is 4. The Bertz CT molecular complexity index is 1160. The SMILES string of the molecule is Cc1cnc(NC(=O)C2=C(O)c3ccccc3S(=O)(=O)N2C)s1.O=C(O)CCCC(=O)O. The molecule has 2 aromatic rings. The lowest BCUT2D eigenvalue weighted by atomic mass is 10.1. The van der Waals surface area contributed by atoms with Gasteiger partial charge in [-0.25, -0.2) is 13.4 Å². The number of carbonyl (C=O) groups is 3. The summed E-state index contributed by atoms with van der Waals surface area (Å²) in [4.78, 5) is 36.9. The van der Waals surface area contributed by atoms with Gasteiger partial charge >= 0.3 is 11.9 Å². The number of aryl methyl sites for hydroxylation is 1. The predicted molar refractivity (Wildman–Crippen MR) is 116 cm³/mol. The van der Waals surface area contributed by atoms with Gasteiger partial charge in [0.05, 0.1) is 4.90 Å². The highest BCUT2D eigenvalue weighted by molar-refractivity contribution is 7.89. The van der Waals surface area contributed by atoms with E-state index in [4.69, 9.17) is 10.2 Å². The number of fused-ring (bicyclic) bond motifs is 1. The number of carboxylic acids is 2. The van der Waals surface area contributed by atoms with E-state index in [0.717, 1.165) is 9.18 Å². The number of benzene rings is 1. The number of thiazole rings is 1. The molecule has 1 aromatic carbocycles. The Kier molecular flexibility index (Phi) is 7.94. The molecule has 4 N–H and O–H groups in total. The molecule has 0 radical (unpaired) electrons. The highest BCUT2D eigenvalue weighted by Crippen LogP contribution is 2.34. The number of aromatic nitrogens is 1. The van der Waals surface area contributed by atoms with Crippen LogP contribution in [0.4, 0.5) is 5.13 Å². The Hall–Kier alpha value is -3.45. The van der Waals surface area contributed by atoms with Gasteiger partial charge in [0.25, 0.3) is 15.9 Å². The summed E-state index contributed by atoms with van der Waals surface area (Å²) in [7, 11) is -2.67. The van der Waals surface area contributed by atoms with E-state index in [-0.39, 0.29) is 41.2 Å². The first kappa shape index (κ1) is 24.8. The molecule has 0 aliphatic carbocycles. The van der Waals surface area contributed by atoms with Crippen LogP contribution in [0.1, 0.15) is 29.7 Å². The largest absolute Gasteiger partial charge is 0.505 e. The summed E-state index contributed by atoms with van der Waals surface area (Å²) in [6.07, 6.45) is 1.68. The maximum Gasteiger partial charge on any atom is 0.303 e. The van der Waals surface area contributed by atoms with Crippen molar-refractivity contribution in [2.24, 2.45) is 0 Å². The van der Waals surface area contributed by atoms with Crippen molar-refractivity contribution in [1.29, 1.82) is 0 Å². The second-order valence-electron chi connectivity index (χ2n) is 6.54. The number of carboxylic acid groups (broad SMARTS) is 2. The van der Waals surface area contributed by atoms with Crippen molar-refractivity contribution in [3.63, 3.8) is 0 Å². The van der Waals surface area contributed by atoms with Crippen molar-refractivity contribution < 1.29 is 38.1 Å². The first-order valence-corrected chi connectivity index (χ1v) is 11.4. The third kappa shape index (κ3) is 5.82. The fourth-order valence-corrected chi connectivity index (χ4v) is 4.70. The van der Waals surface area contributed by atoms with Gasteiger partial charge in [-0.3, -0.25) is 24.0 Å². The van der Waals surface area contributed by atoms with Crippen LogP contribution >= 0.6 is 11.3 Å². The molecule has 11 nitrogen and oxygen atoms in total. The summed E-state index contributed by atoms with van der Waals surface area (Å²) >= 11 is 1.25. The van der Waals surface area contributed by atoms with E-state index in [1.165, 1.54) is 30.5 Å². The van der Waals surface area contributed by atoms with Crippen LogP contribution < -0.4 is 5.32 Å². The normalized spacial score (nSPS) is 14.1. The van der Waals surface area contributed by atoms with E-state index in [1.807, 2.05) is 6.92 Å². The fraction of sp³-hybridized carbons (Fsp3) is 0.263. The van der Waals surface area contributed by atoms with Gasteiger partial charge in [-0.15, -0.1) is 11.3 Å². The van der Waals surface area contributed by atoms with Gasteiger partial charge in [-0.1, -0.05) is 12.1 Å². The molecule has 1 aromatic heterocycles. The quantitative estimate of drug-likeness (QED) is 0.480. The van der Waals surface area contributed by atoms with Crippen molar-refractivity contribution in [1.82, 2.24) is 9.29 Å². The van der Waals surface area contributed by atoms with Gasteiger partial charge in [0.1, 0.15) is 0 Å². The standard InChI is InChI=1S/C14H13N3O4S2.C5H8O4/c1-8-7-15-14(22-8)16-13(19)11-12(18)9-5-3-4-6-10(9)23(20,21)17(11)2;6-4(7)2-1-3-5(8)9/h3-7,18H,1-2H3,(H,15,16,19);1-3H2,(H,6,7)(H,8,9). The topological polar surface area (TPSA) is 174 Å². The number of aliphatic hydroxyl groups excluding tert-OH is 1. The third-order valence-electron chi connectivity index (χ3n) is 4.16. The lowest BCUT2D eigenvalue weighted by molar-refractivity contribution is -0.138. The van der Waals surface area contributed by atoms with Crippen LogP contribution in [0.5, 0.6) is 0 Å². The van der Waals surface area contributed by atoms with E-state index in [2.05, 4.69) is 10.3 Å². The number of aliphatic carboxylic acids is 2. The Morgan fingerprint density at radius 1 is 1.12 bits per heavy atom. The zero-order valence-electron chi connectivity index (χ0n) is 17.1. The summed E-state index contributed by atoms with van der Waals surface area (Å²) in [5.41, 5.74) is -0.234. The Balaban J connectivity index is 0.000000344. The number of likely N-dealkylation sites (N-methyl/N-ethyl adjacent to an activating group) is 1. The molecule has 1 aliphatic heterocycles. The van der Waals surface area contributed by atoms with Crippen LogP contribution in [-0.2, 0) is 24.4 Å². The van der Waals surface area contributed by atoms with Crippen LogP contribution in [0, 0.1) is 6.92 Å². The molecule has 1 amide bonds. The number of sulfonamides is 1. The average Bonchev–Trinajstić information content (AvgIpc) is 3.11. The first-order chi connectivity index (χ1) is 14.9. The summed E-state index contributed by atoms with van der Waals surface area (Å²) in [5, 5.41) is 29.3. The molecule has 13 heteroatoms. The number of rotatable bonds is 6. The number of anilines is 1. The number of amides is 1. The van der Waals surface area contributed by atoms with Gasteiger partial charge in [0.2, 0.25) is 0 Å². The molecule has 0 fully saturated rings. The zero-order valence-corrected chi connectivity index (χ0v) is 18.7. The van der Waals surface area contributed by atoms with Crippen molar-refractivity contribution >= 4 is 50.1 Å². The van der Waals surface area contributed by atoms with E-state index >= 15 is 0 Å². The second kappa shape index (κ2) is 10.2. The fourth-order valence-electron chi connectivity index (χ4n) is 2.64. The average molecular weight is 484 g/mol. The van der Waals surface area contributed by atoms with E-state index in [0.29, 0.717) is 5.13 Å². The van der Waals surface area contributed by atoms with Crippen molar-refractivity contribution in [3.05, 3.63) is 46.6 Å². The predicted octanol–water partition coefficient (Wildman–Crippen LogP) is 2.28. The molecule has 0 atom stereocenters. The molecule has 3 rings (SSSR count). The van der Waals surface area contributed by atoms with Crippen LogP contribution in [0.15, 0.2) is 41.1 Å². The molecular weight excluding hydrogens is 462 g/mol. The second-order valence-corrected chi connectivity index (χ2v) is 9.71. The zero-order chi connectivity index (χ0) is 24.1. The van der Waals surface area contributed by atoms with Crippen molar-refractivity contribution in [2.45, 2.75) is 31.1 Å². The Morgan fingerprint density at radius 2 is 1.72 bits per heavy atom. The number of nitrogens with zero attached hydrogens (tertiary/aromatic N) is 2. The lowest BCUT2D eigenvalue weighted by Gasteiger charge is -2.28. The van der Waals surface area contributed by atoms with Crippen LogP contribution in [-0.4, -0.2) is 57.9 Å². The summed E-state index contributed by atoms with van der Waals surface area (Å²) in [6.45, 7) is 1.83. The van der Waals surface area contributed by atoms with Crippen LogP contribution in [0.25, 0.3) is 5.76 Å². The molecule has 1 aliphatic rings. The number of aliphatic hydroxyl groups is 1. The monoisotopic (exact) mass is 483 g/mol. The highest BCUT2D eigenvalue weighted by Gasteiger charge is 2.37. The number of carbonyl (C=O) groups excluding carboxylic acids is 1. The highest BCUT2D eigenvalue weighted by atomic mass is 32.2.